The summed E-state index contributed by atoms with van der Waals surface area (Å²) >= 11 is 0. The van der Waals surface area contributed by atoms with Crippen LogP contribution in [0, 0.1) is 0 Å². The third kappa shape index (κ3) is 2.57. The minimum Gasteiger partial charge on any atom is -0.467 e. The third-order valence-electron chi connectivity index (χ3n) is 2.88. The zero-order chi connectivity index (χ0) is 13.8. The number of hydrogen-bond acceptors (Lipinski definition) is 4. The van der Waals surface area contributed by atoms with Gasteiger partial charge in [0.15, 0.2) is 5.69 Å². The van der Waals surface area contributed by atoms with E-state index in [1.807, 2.05) is 18.2 Å². The molecule has 1 aromatic carbocycles. The van der Waals surface area contributed by atoms with E-state index in [2.05, 4.69) is 20.3 Å². The van der Waals surface area contributed by atoms with Crippen molar-refractivity contribution in [2.75, 3.05) is 7.11 Å². The summed E-state index contributed by atoms with van der Waals surface area (Å²) < 4.78 is 4.63. The minimum absolute atomic E-state index is 0.276. The summed E-state index contributed by atoms with van der Waals surface area (Å²) in [5, 5.41) is 10.1. The number of esters is 1. The van der Waals surface area contributed by atoms with Crippen LogP contribution < -0.4 is 5.32 Å². The molecule has 0 aliphatic carbocycles. The molecule has 2 rings (SSSR count). The topological polar surface area (TPSA) is 84.1 Å². The Labute approximate surface area is 110 Å². The van der Waals surface area contributed by atoms with Gasteiger partial charge in [0.25, 0.3) is 5.91 Å². The Bertz CT molecular complexity index is 606. The number of para-hydroxylation sites is 1. The fourth-order valence-electron chi connectivity index (χ4n) is 1.83. The van der Waals surface area contributed by atoms with Crippen molar-refractivity contribution in [1.29, 1.82) is 0 Å². The first-order valence-corrected chi connectivity index (χ1v) is 5.99. The van der Waals surface area contributed by atoms with Crippen LogP contribution in [0.25, 0.3) is 10.9 Å². The molecule has 6 nitrogen and oxygen atoms in total. The van der Waals surface area contributed by atoms with Gasteiger partial charge in [-0.15, -0.1) is 0 Å². The zero-order valence-electron chi connectivity index (χ0n) is 10.8. The molecule has 19 heavy (non-hydrogen) atoms. The number of amides is 1. The van der Waals surface area contributed by atoms with Gasteiger partial charge in [-0.1, -0.05) is 25.1 Å². The van der Waals surface area contributed by atoms with Crippen LogP contribution in [0.2, 0.25) is 0 Å². The molecule has 0 aliphatic rings. The van der Waals surface area contributed by atoms with Crippen LogP contribution in [-0.2, 0) is 9.53 Å². The van der Waals surface area contributed by atoms with E-state index in [1.165, 1.54) is 7.11 Å². The van der Waals surface area contributed by atoms with Crippen LogP contribution in [0.4, 0.5) is 0 Å². The molecule has 6 heteroatoms. The molecule has 100 valence electrons. The standard InChI is InChI=1S/C13H15N3O3/c1-3-9(13(18)19-2)14-12(17)11-8-6-4-5-7-10(8)15-16-11/h4-7,9H,3H2,1-2H3,(H,14,17)(H,15,16). The fourth-order valence-corrected chi connectivity index (χ4v) is 1.83. The van der Waals surface area contributed by atoms with Crippen LogP contribution in [0.15, 0.2) is 24.3 Å². The maximum Gasteiger partial charge on any atom is 0.328 e. The van der Waals surface area contributed by atoms with E-state index in [4.69, 9.17) is 0 Å². The lowest BCUT2D eigenvalue weighted by Gasteiger charge is -2.13. The normalized spacial score (nSPS) is 12.1. The zero-order valence-corrected chi connectivity index (χ0v) is 10.8. The summed E-state index contributed by atoms with van der Waals surface area (Å²) in [6.07, 6.45) is 0.459. The lowest BCUT2D eigenvalue weighted by Crippen LogP contribution is -2.41. The van der Waals surface area contributed by atoms with E-state index in [9.17, 15) is 9.59 Å². The molecule has 0 saturated carbocycles. The number of H-pyrrole nitrogens is 1. The van der Waals surface area contributed by atoms with Gasteiger partial charge in [0.05, 0.1) is 12.6 Å². The van der Waals surface area contributed by atoms with E-state index in [-0.39, 0.29) is 5.69 Å². The highest BCUT2D eigenvalue weighted by Crippen LogP contribution is 2.15. The second-order valence-corrected chi connectivity index (χ2v) is 4.08. The maximum atomic E-state index is 12.1. The van der Waals surface area contributed by atoms with E-state index >= 15 is 0 Å². The van der Waals surface area contributed by atoms with E-state index in [1.54, 1.807) is 13.0 Å². The first-order chi connectivity index (χ1) is 9.17. The largest absolute Gasteiger partial charge is 0.467 e. The first kappa shape index (κ1) is 13.1. The molecule has 0 radical (unpaired) electrons. The van der Waals surface area contributed by atoms with Crippen LogP contribution >= 0.6 is 0 Å². The Hall–Kier alpha value is -2.37. The number of rotatable bonds is 4. The molecule has 0 saturated heterocycles. The third-order valence-corrected chi connectivity index (χ3v) is 2.88. The Kier molecular flexibility index (Phi) is 3.79. The van der Waals surface area contributed by atoms with Gasteiger partial charge in [0.2, 0.25) is 0 Å². The highest BCUT2D eigenvalue weighted by molar-refractivity contribution is 6.05. The molecule has 2 N–H and O–H groups in total. The molecule has 0 aliphatic heterocycles. The van der Waals surface area contributed by atoms with E-state index in [0.717, 1.165) is 10.9 Å². The quantitative estimate of drug-likeness (QED) is 0.811. The number of hydrogen-bond donors (Lipinski definition) is 2. The van der Waals surface area contributed by atoms with Crippen molar-refractivity contribution in [2.24, 2.45) is 0 Å². The summed E-state index contributed by atoms with van der Waals surface area (Å²) in [7, 11) is 1.29. The molecule has 1 amide bonds. The van der Waals surface area contributed by atoms with Gasteiger partial charge in [-0.2, -0.15) is 5.10 Å². The fraction of sp³-hybridized carbons (Fsp3) is 0.308. The summed E-state index contributed by atoms with van der Waals surface area (Å²) in [5.74, 6) is -0.856. The molecule has 0 bridgehead atoms. The average Bonchev–Trinajstić information content (AvgIpc) is 2.87. The smallest absolute Gasteiger partial charge is 0.328 e. The predicted octanol–water partition coefficient (Wildman–Crippen LogP) is 1.24. The molecule has 0 fully saturated rings. The minimum atomic E-state index is -0.659. The Balaban J connectivity index is 2.22. The van der Waals surface area contributed by atoms with Gasteiger partial charge in [0.1, 0.15) is 6.04 Å². The van der Waals surface area contributed by atoms with Crippen molar-refractivity contribution in [3.8, 4) is 0 Å². The van der Waals surface area contributed by atoms with Crippen LogP contribution in [0.3, 0.4) is 0 Å². The molecule has 1 aromatic heterocycles. The van der Waals surface area contributed by atoms with Crippen molar-refractivity contribution in [3.63, 3.8) is 0 Å². The van der Waals surface area contributed by atoms with Gasteiger partial charge in [-0.25, -0.2) is 4.79 Å². The number of nitrogens with one attached hydrogen (secondary N) is 2. The van der Waals surface area contributed by atoms with E-state index < -0.39 is 17.9 Å². The summed E-state index contributed by atoms with van der Waals surface area (Å²) in [4.78, 5) is 23.6. The number of carbonyl (C=O) groups excluding carboxylic acids is 2. The van der Waals surface area contributed by atoms with Crippen LogP contribution in [-0.4, -0.2) is 35.2 Å². The van der Waals surface area contributed by atoms with Crippen molar-refractivity contribution in [3.05, 3.63) is 30.0 Å². The van der Waals surface area contributed by atoms with Crippen LogP contribution in [0.1, 0.15) is 23.8 Å². The second kappa shape index (κ2) is 5.51. The van der Waals surface area contributed by atoms with Gasteiger partial charge in [-0.3, -0.25) is 9.89 Å². The van der Waals surface area contributed by atoms with Crippen molar-refractivity contribution in [1.82, 2.24) is 15.5 Å². The number of aromatic nitrogens is 2. The Morgan fingerprint density at radius 1 is 1.42 bits per heavy atom. The lowest BCUT2D eigenvalue weighted by atomic mass is 10.2. The number of aromatic amines is 1. The average molecular weight is 261 g/mol. The predicted molar refractivity (Wildman–Crippen MR) is 69.7 cm³/mol. The molecule has 1 atom stereocenters. The number of methoxy groups -OCH3 is 1. The van der Waals surface area contributed by atoms with Gasteiger partial charge in [-0.05, 0) is 12.5 Å². The maximum absolute atomic E-state index is 12.1. The second-order valence-electron chi connectivity index (χ2n) is 4.08. The van der Waals surface area contributed by atoms with Gasteiger partial charge >= 0.3 is 5.97 Å². The number of carbonyl (C=O) groups is 2. The molecule has 0 spiro atoms. The molecule has 2 aromatic rings. The monoisotopic (exact) mass is 261 g/mol. The first-order valence-electron chi connectivity index (χ1n) is 5.99. The highest BCUT2D eigenvalue weighted by atomic mass is 16.5. The van der Waals surface area contributed by atoms with E-state index in [0.29, 0.717) is 6.42 Å². The molecular formula is C13H15N3O3. The van der Waals surface area contributed by atoms with Gasteiger partial charge < -0.3 is 10.1 Å². The van der Waals surface area contributed by atoms with Crippen molar-refractivity contribution >= 4 is 22.8 Å². The van der Waals surface area contributed by atoms with Crippen molar-refractivity contribution < 1.29 is 14.3 Å². The number of benzene rings is 1. The summed E-state index contributed by atoms with van der Waals surface area (Å²) in [6, 6.07) is 6.65. The van der Waals surface area contributed by atoms with Gasteiger partial charge in [0, 0.05) is 5.39 Å². The number of fused-ring (bicyclic) bond motifs is 1. The number of nitrogens with zero attached hydrogens (tertiary/aromatic N) is 1. The Morgan fingerprint density at radius 2 is 2.16 bits per heavy atom. The Morgan fingerprint density at radius 3 is 2.84 bits per heavy atom. The summed E-state index contributed by atoms with van der Waals surface area (Å²) in [6.45, 7) is 1.80. The summed E-state index contributed by atoms with van der Waals surface area (Å²) in [5.41, 5.74) is 1.05. The lowest BCUT2D eigenvalue weighted by molar-refractivity contribution is -0.142. The van der Waals surface area contributed by atoms with Crippen molar-refractivity contribution in [2.45, 2.75) is 19.4 Å². The highest BCUT2D eigenvalue weighted by Gasteiger charge is 2.22. The molecule has 1 heterocycles. The number of ether oxygens (including phenoxy) is 1. The molecule has 1 unspecified atom stereocenters. The van der Waals surface area contributed by atoms with Crippen LogP contribution in [0.5, 0.6) is 0 Å². The SMILES string of the molecule is CCC(NC(=O)c1n[nH]c2ccccc12)C(=O)OC. The molecular weight excluding hydrogens is 246 g/mol.